The highest BCUT2D eigenvalue weighted by Gasteiger charge is 2.22. The lowest BCUT2D eigenvalue weighted by atomic mass is 9.98. The molecule has 0 aliphatic rings. The molecule has 2 aromatic heterocycles. The Hall–Kier alpha value is -4.38. The zero-order valence-corrected chi connectivity index (χ0v) is 26.5. The summed E-state index contributed by atoms with van der Waals surface area (Å²) in [6, 6.07) is 14.0. The van der Waals surface area contributed by atoms with Crippen LogP contribution in [-0.4, -0.2) is 41.0 Å². The van der Waals surface area contributed by atoms with Crippen LogP contribution in [0.4, 0.5) is 0 Å². The van der Waals surface area contributed by atoms with Gasteiger partial charge in [-0.15, -0.1) is 0 Å². The second-order valence-electron chi connectivity index (χ2n) is 10.6. The van der Waals surface area contributed by atoms with Crippen LogP contribution in [0.5, 0.6) is 5.75 Å². The molecule has 0 aliphatic carbocycles. The lowest BCUT2D eigenvalue weighted by molar-refractivity contribution is -0.119. The van der Waals surface area contributed by atoms with Crippen molar-refractivity contribution in [1.82, 2.24) is 24.2 Å². The third-order valence-corrected chi connectivity index (χ3v) is 8.76. The number of sulfonamides is 1. The number of amides is 1. The molecule has 0 fully saturated rings. The van der Waals surface area contributed by atoms with Crippen LogP contribution in [0.25, 0.3) is 17.1 Å². The van der Waals surface area contributed by atoms with Crippen LogP contribution in [0.2, 0.25) is 0 Å². The number of rotatable bonds is 14. The number of hydrogen-bond acceptors (Lipinski definition) is 8. The van der Waals surface area contributed by atoms with Crippen molar-refractivity contribution in [3.63, 3.8) is 0 Å². The van der Waals surface area contributed by atoms with Gasteiger partial charge in [-0.1, -0.05) is 75.6 Å². The average Bonchev–Trinajstić information content (AvgIpc) is 3.02. The van der Waals surface area contributed by atoms with Crippen molar-refractivity contribution in [1.29, 1.82) is 0 Å². The lowest BCUT2D eigenvalue weighted by Crippen LogP contribution is -2.30. The van der Waals surface area contributed by atoms with Gasteiger partial charge in [-0.2, -0.15) is 0 Å². The SMILES string of the molecule is CCCCCC(=O)NS(=O)(=O)c1ccccc1-c1ccc(Cc2c(CCCC)nc(C)n(-c3ncc(OC)cn3)c2=O)cc1. The van der Waals surface area contributed by atoms with E-state index in [-0.39, 0.29) is 22.8 Å². The van der Waals surface area contributed by atoms with Crippen molar-refractivity contribution in [2.45, 2.75) is 77.0 Å². The maximum absolute atomic E-state index is 13.9. The Kier molecular flexibility index (Phi) is 11.0. The number of carbonyl (C=O) groups excluding carboxylic acids is 1. The molecule has 0 radical (unpaired) electrons. The quantitative estimate of drug-likeness (QED) is 0.188. The molecule has 4 rings (SSSR count). The molecule has 44 heavy (non-hydrogen) atoms. The molecule has 0 saturated heterocycles. The van der Waals surface area contributed by atoms with Crippen LogP contribution in [-0.2, 0) is 27.7 Å². The molecule has 0 saturated carbocycles. The number of aryl methyl sites for hydroxylation is 2. The van der Waals surface area contributed by atoms with Crippen LogP contribution in [0.15, 0.2) is 70.6 Å². The number of nitrogens with zero attached hydrogens (tertiary/aromatic N) is 4. The Labute approximate surface area is 258 Å². The highest BCUT2D eigenvalue weighted by Crippen LogP contribution is 2.28. The van der Waals surface area contributed by atoms with Crippen LogP contribution >= 0.6 is 0 Å². The fraction of sp³-hybridized carbons (Fsp3) is 0.364. The third-order valence-electron chi connectivity index (χ3n) is 7.33. The zero-order valence-electron chi connectivity index (χ0n) is 25.7. The smallest absolute Gasteiger partial charge is 0.264 e. The molecule has 10 nitrogen and oxygen atoms in total. The van der Waals surface area contributed by atoms with E-state index in [1.165, 1.54) is 30.1 Å². The first-order chi connectivity index (χ1) is 21.2. The van der Waals surface area contributed by atoms with Crippen molar-refractivity contribution in [2.24, 2.45) is 0 Å². The van der Waals surface area contributed by atoms with Crippen molar-refractivity contribution in [2.75, 3.05) is 7.11 Å². The van der Waals surface area contributed by atoms with Gasteiger partial charge in [0, 0.05) is 24.0 Å². The standard InChI is InChI=1S/C33H39N5O5S/c1-5-7-9-15-31(39)37-44(41,42)30-14-11-10-12-27(30)25-18-16-24(17-19-25)20-28-29(13-8-6-2)36-23(3)38(32(28)40)33-34-21-26(43-4)22-35-33/h10-12,14,16-19,21-22H,5-9,13,15,20H2,1-4H3,(H,37,39). The van der Waals surface area contributed by atoms with E-state index in [0.717, 1.165) is 36.9 Å². The monoisotopic (exact) mass is 617 g/mol. The van der Waals surface area contributed by atoms with Gasteiger partial charge in [0.1, 0.15) is 5.82 Å². The van der Waals surface area contributed by atoms with Crippen LogP contribution < -0.4 is 15.0 Å². The van der Waals surface area contributed by atoms with Gasteiger partial charge in [0.25, 0.3) is 15.6 Å². The third kappa shape index (κ3) is 7.76. The summed E-state index contributed by atoms with van der Waals surface area (Å²) in [7, 11) is -2.54. The molecule has 11 heteroatoms. The molecule has 2 heterocycles. The van der Waals surface area contributed by atoms with Gasteiger partial charge in [-0.05, 0) is 43.4 Å². The van der Waals surface area contributed by atoms with E-state index in [9.17, 15) is 18.0 Å². The summed E-state index contributed by atoms with van der Waals surface area (Å²) in [5.74, 6) is 0.686. The van der Waals surface area contributed by atoms with E-state index in [1.807, 2.05) is 31.2 Å². The van der Waals surface area contributed by atoms with Gasteiger partial charge in [0.2, 0.25) is 11.9 Å². The van der Waals surface area contributed by atoms with Gasteiger partial charge in [-0.25, -0.2) is 32.7 Å². The first-order valence-corrected chi connectivity index (χ1v) is 16.4. The molecular weight excluding hydrogens is 578 g/mol. The number of benzene rings is 2. The highest BCUT2D eigenvalue weighted by atomic mass is 32.2. The summed E-state index contributed by atoms with van der Waals surface area (Å²) in [5.41, 5.74) is 3.09. The van der Waals surface area contributed by atoms with Crippen molar-refractivity contribution >= 4 is 15.9 Å². The molecule has 4 aromatic rings. The molecule has 0 atom stereocenters. The summed E-state index contributed by atoms with van der Waals surface area (Å²) in [6.45, 7) is 5.88. The molecule has 0 bridgehead atoms. The first-order valence-electron chi connectivity index (χ1n) is 14.9. The molecule has 0 aliphatic heterocycles. The molecular formula is C33H39N5O5S. The van der Waals surface area contributed by atoms with Gasteiger partial charge >= 0.3 is 0 Å². The number of ether oxygens (including phenoxy) is 1. The highest BCUT2D eigenvalue weighted by molar-refractivity contribution is 7.90. The van der Waals surface area contributed by atoms with Gasteiger partial charge in [-0.3, -0.25) is 9.59 Å². The predicted octanol–water partition coefficient (Wildman–Crippen LogP) is 5.33. The normalized spacial score (nSPS) is 11.4. The predicted molar refractivity (Wildman–Crippen MR) is 169 cm³/mol. The van der Waals surface area contributed by atoms with E-state index in [0.29, 0.717) is 47.5 Å². The molecule has 0 spiro atoms. The molecule has 1 N–H and O–H groups in total. The van der Waals surface area contributed by atoms with E-state index < -0.39 is 15.9 Å². The van der Waals surface area contributed by atoms with Gasteiger partial charge in [0.15, 0.2) is 5.75 Å². The molecule has 2 aromatic carbocycles. The number of unbranched alkanes of at least 4 members (excludes halogenated alkanes) is 3. The van der Waals surface area contributed by atoms with Crippen molar-refractivity contribution in [3.8, 4) is 22.8 Å². The number of hydrogen-bond donors (Lipinski definition) is 1. The Morgan fingerprint density at radius 2 is 1.64 bits per heavy atom. The fourth-order valence-corrected chi connectivity index (χ4v) is 6.19. The Balaban J connectivity index is 1.65. The Morgan fingerprint density at radius 1 is 0.955 bits per heavy atom. The van der Waals surface area contributed by atoms with Crippen LogP contribution in [0.1, 0.15) is 75.0 Å². The maximum atomic E-state index is 13.9. The zero-order chi connectivity index (χ0) is 31.7. The van der Waals surface area contributed by atoms with Crippen LogP contribution in [0, 0.1) is 6.92 Å². The number of aromatic nitrogens is 4. The summed E-state index contributed by atoms with van der Waals surface area (Å²) < 4.78 is 35.1. The molecule has 0 unspecified atom stereocenters. The second-order valence-corrected chi connectivity index (χ2v) is 12.3. The second kappa shape index (κ2) is 14.9. The summed E-state index contributed by atoms with van der Waals surface area (Å²) in [6.07, 6.45) is 8.45. The molecule has 1 amide bonds. The number of methoxy groups -OCH3 is 1. The number of nitrogens with one attached hydrogen (secondary N) is 1. The minimum atomic E-state index is -4.07. The number of carbonyl (C=O) groups is 1. The maximum Gasteiger partial charge on any atom is 0.264 e. The van der Waals surface area contributed by atoms with Gasteiger partial charge in [0.05, 0.1) is 30.1 Å². The topological polar surface area (TPSA) is 133 Å². The minimum Gasteiger partial charge on any atom is -0.494 e. The summed E-state index contributed by atoms with van der Waals surface area (Å²) in [5, 5.41) is 0. The summed E-state index contributed by atoms with van der Waals surface area (Å²) in [4.78, 5) is 39.6. The van der Waals surface area contributed by atoms with Crippen LogP contribution in [0.3, 0.4) is 0 Å². The Morgan fingerprint density at radius 3 is 2.30 bits per heavy atom. The van der Waals surface area contributed by atoms with E-state index >= 15 is 0 Å². The van der Waals surface area contributed by atoms with E-state index in [1.54, 1.807) is 25.1 Å². The fourth-order valence-electron chi connectivity index (χ4n) is 4.95. The summed E-state index contributed by atoms with van der Waals surface area (Å²) >= 11 is 0. The average molecular weight is 618 g/mol. The minimum absolute atomic E-state index is 0.0311. The first kappa shape index (κ1) is 32.5. The van der Waals surface area contributed by atoms with E-state index in [2.05, 4.69) is 21.6 Å². The Bertz CT molecular complexity index is 1750. The van der Waals surface area contributed by atoms with Crippen molar-refractivity contribution < 1.29 is 17.9 Å². The lowest BCUT2D eigenvalue weighted by Gasteiger charge is -2.15. The van der Waals surface area contributed by atoms with Crippen molar-refractivity contribution in [3.05, 3.63) is 93.9 Å². The molecule has 232 valence electrons. The van der Waals surface area contributed by atoms with Gasteiger partial charge < -0.3 is 4.74 Å². The largest absolute Gasteiger partial charge is 0.494 e. The van der Waals surface area contributed by atoms with E-state index in [4.69, 9.17) is 9.72 Å².